The number of quaternary nitrogens is 1. The molecule has 2 aliphatic heterocycles. The van der Waals surface area contributed by atoms with Crippen LogP contribution in [0.15, 0.2) is 16.9 Å². The molecule has 0 unspecified atom stereocenters. The highest BCUT2D eigenvalue weighted by atomic mass is 32.3. The van der Waals surface area contributed by atoms with Crippen LogP contribution >= 0.6 is 0 Å². The van der Waals surface area contributed by atoms with Crippen LogP contribution in [0.4, 0.5) is 0 Å². The number of nitrogens with zero attached hydrogens (tertiary/aromatic N) is 1. The maximum atomic E-state index is 8.63. The monoisotopic (exact) mass is 207 g/mol. The fraction of sp³-hybridized carbons (Fsp3) is 0.400. The van der Waals surface area contributed by atoms with Crippen LogP contribution in [0.25, 0.3) is 0 Å². The average molecular weight is 207 g/mol. The molecule has 0 aromatic heterocycles. The molecule has 0 atom stereocenters. The first-order valence-electron chi connectivity index (χ1n) is 3.45. The van der Waals surface area contributed by atoms with Gasteiger partial charge in [-0.25, -0.2) is 8.42 Å². The molecule has 1 fully saturated rings. The Morgan fingerprint density at radius 1 is 1.62 bits per heavy atom. The van der Waals surface area contributed by atoms with Crippen molar-refractivity contribution in [3.63, 3.8) is 0 Å². The fourth-order valence-corrected chi connectivity index (χ4v) is 1.03. The Morgan fingerprint density at radius 2 is 2.23 bits per heavy atom. The SMILES string of the molecule is C1=C2CNCC2=N[NH2+]1.O=S(=O)([O-])O. The highest BCUT2D eigenvalue weighted by Gasteiger charge is 2.20. The molecule has 0 aliphatic carbocycles. The van der Waals surface area contributed by atoms with E-state index in [4.69, 9.17) is 17.5 Å². The first-order chi connectivity index (χ1) is 5.97. The minimum absolute atomic E-state index is 0.961. The molecule has 8 heteroatoms. The van der Waals surface area contributed by atoms with Crippen LogP contribution < -0.4 is 10.7 Å². The normalized spacial score (nSPS) is 19.8. The standard InChI is InChI=1S/C5H7N3.H2O4S/c1-4-2-7-8-5(4)3-6-1;1-5(2,3)4/h2,6H,1,3H2,(H,7,8);(H2,1,2,3,4). The summed E-state index contributed by atoms with van der Waals surface area (Å²) in [5.74, 6) is 0. The predicted octanol–water partition coefficient (Wildman–Crippen LogP) is -2.59. The van der Waals surface area contributed by atoms with E-state index in [9.17, 15) is 0 Å². The second-order valence-electron chi connectivity index (χ2n) is 2.45. The summed E-state index contributed by atoms with van der Waals surface area (Å²) in [5, 5.41) is 7.34. The van der Waals surface area contributed by atoms with Crippen LogP contribution in [0.1, 0.15) is 0 Å². The number of fused-ring (bicyclic) bond motifs is 1. The summed E-state index contributed by atoms with van der Waals surface area (Å²) in [6.07, 6.45) is 2.06. The maximum Gasteiger partial charge on any atom is 0.215 e. The van der Waals surface area contributed by atoms with Gasteiger partial charge in [-0.1, -0.05) is 5.10 Å². The quantitative estimate of drug-likeness (QED) is 0.229. The molecule has 1 saturated heterocycles. The molecule has 0 saturated carbocycles. The number of hydrogen-bond acceptors (Lipinski definition) is 5. The molecule has 0 bridgehead atoms. The van der Waals surface area contributed by atoms with Crippen molar-refractivity contribution in [1.82, 2.24) is 5.32 Å². The number of nitrogens with one attached hydrogen (secondary N) is 1. The van der Waals surface area contributed by atoms with Gasteiger partial charge in [0.05, 0.1) is 0 Å². The number of nitrogens with two attached hydrogens (primary N) is 1. The van der Waals surface area contributed by atoms with Crippen molar-refractivity contribution >= 4 is 16.1 Å². The van der Waals surface area contributed by atoms with E-state index in [1.54, 1.807) is 0 Å². The zero-order chi connectivity index (χ0) is 9.90. The average Bonchev–Trinajstić information content (AvgIpc) is 2.36. The second kappa shape index (κ2) is 3.94. The molecule has 13 heavy (non-hydrogen) atoms. The minimum atomic E-state index is -4.92. The van der Waals surface area contributed by atoms with Gasteiger partial charge in [0.2, 0.25) is 10.4 Å². The molecule has 0 amide bonds. The van der Waals surface area contributed by atoms with Gasteiger partial charge in [0.15, 0.2) is 0 Å². The van der Waals surface area contributed by atoms with Gasteiger partial charge in [-0.2, -0.15) is 5.43 Å². The van der Waals surface area contributed by atoms with E-state index in [-0.39, 0.29) is 0 Å². The van der Waals surface area contributed by atoms with Crippen LogP contribution in [0, 0.1) is 0 Å². The van der Waals surface area contributed by atoms with Crippen LogP contribution in [0.2, 0.25) is 0 Å². The van der Waals surface area contributed by atoms with Gasteiger partial charge < -0.3 is 9.87 Å². The molecule has 74 valence electrons. The smallest absolute Gasteiger partial charge is 0.215 e. The lowest BCUT2D eigenvalue weighted by atomic mass is 10.2. The van der Waals surface area contributed by atoms with Gasteiger partial charge in [-0.3, -0.25) is 4.55 Å². The Kier molecular flexibility index (Phi) is 3.12. The molecule has 4 N–H and O–H groups in total. The van der Waals surface area contributed by atoms with Crippen molar-refractivity contribution in [2.24, 2.45) is 5.10 Å². The van der Waals surface area contributed by atoms with Crippen molar-refractivity contribution in [3.8, 4) is 0 Å². The molecular formula is C5H9N3O4S. The highest BCUT2D eigenvalue weighted by Crippen LogP contribution is 2.01. The summed E-state index contributed by atoms with van der Waals surface area (Å²) >= 11 is 0. The Labute approximate surface area is 75.1 Å². The molecule has 2 aliphatic rings. The van der Waals surface area contributed by atoms with E-state index in [0.717, 1.165) is 13.1 Å². The van der Waals surface area contributed by atoms with Crippen molar-refractivity contribution in [3.05, 3.63) is 11.8 Å². The Morgan fingerprint density at radius 3 is 2.77 bits per heavy atom. The summed E-state index contributed by atoms with van der Waals surface area (Å²) in [7, 11) is -4.92. The molecule has 0 aromatic carbocycles. The summed E-state index contributed by atoms with van der Waals surface area (Å²) in [4.78, 5) is 0. The second-order valence-corrected chi connectivity index (χ2v) is 3.30. The Balaban J connectivity index is 0.000000149. The van der Waals surface area contributed by atoms with Crippen LogP contribution in [-0.2, 0) is 10.4 Å². The lowest BCUT2D eigenvalue weighted by Crippen LogP contribution is -2.69. The van der Waals surface area contributed by atoms with Crippen molar-refractivity contribution in [2.75, 3.05) is 13.1 Å². The highest BCUT2D eigenvalue weighted by molar-refractivity contribution is 7.79. The largest absolute Gasteiger partial charge is 0.726 e. The summed E-state index contributed by atoms with van der Waals surface area (Å²) in [5.41, 5.74) is 4.46. The maximum absolute atomic E-state index is 8.63. The zero-order valence-electron chi connectivity index (χ0n) is 6.60. The van der Waals surface area contributed by atoms with E-state index in [0.29, 0.717) is 0 Å². The van der Waals surface area contributed by atoms with Gasteiger partial charge in [-0.05, 0) is 0 Å². The lowest BCUT2D eigenvalue weighted by molar-refractivity contribution is -0.590. The van der Waals surface area contributed by atoms with Gasteiger partial charge in [0, 0.05) is 18.7 Å². The molecule has 0 spiro atoms. The first-order valence-corrected chi connectivity index (χ1v) is 4.82. The van der Waals surface area contributed by atoms with Gasteiger partial charge >= 0.3 is 0 Å². The first kappa shape index (κ1) is 10.3. The van der Waals surface area contributed by atoms with Crippen molar-refractivity contribution < 1.29 is 22.9 Å². The van der Waals surface area contributed by atoms with Crippen molar-refractivity contribution in [2.45, 2.75) is 0 Å². The molecule has 0 radical (unpaired) electrons. The van der Waals surface area contributed by atoms with Gasteiger partial charge in [0.1, 0.15) is 11.9 Å². The van der Waals surface area contributed by atoms with Gasteiger partial charge in [-0.15, -0.1) is 0 Å². The Bertz CT molecular complexity index is 319. The minimum Gasteiger partial charge on any atom is -0.726 e. The number of hydrogen-bond donors (Lipinski definition) is 3. The van der Waals surface area contributed by atoms with E-state index >= 15 is 0 Å². The van der Waals surface area contributed by atoms with E-state index in [1.807, 2.05) is 5.43 Å². The molecule has 2 rings (SSSR count). The summed E-state index contributed by atoms with van der Waals surface area (Å²) in [6, 6.07) is 0. The third-order valence-corrected chi connectivity index (χ3v) is 1.48. The Hall–Kier alpha value is -0.800. The van der Waals surface area contributed by atoms with E-state index in [2.05, 4.69) is 16.6 Å². The van der Waals surface area contributed by atoms with E-state index < -0.39 is 10.4 Å². The summed E-state index contributed by atoms with van der Waals surface area (Å²) in [6.45, 7) is 1.97. The molecule has 0 aromatic rings. The van der Waals surface area contributed by atoms with Gasteiger partial charge in [0.25, 0.3) is 0 Å². The number of rotatable bonds is 0. The van der Waals surface area contributed by atoms with Crippen LogP contribution in [0.5, 0.6) is 0 Å². The molecule has 7 nitrogen and oxygen atoms in total. The fourth-order valence-electron chi connectivity index (χ4n) is 1.03. The van der Waals surface area contributed by atoms with Crippen LogP contribution in [0.3, 0.4) is 0 Å². The van der Waals surface area contributed by atoms with E-state index in [1.165, 1.54) is 11.3 Å². The molecule has 2 heterocycles. The predicted molar refractivity (Wildman–Crippen MR) is 42.6 cm³/mol. The third-order valence-electron chi connectivity index (χ3n) is 1.48. The third kappa shape index (κ3) is 4.10. The zero-order valence-corrected chi connectivity index (χ0v) is 7.41. The van der Waals surface area contributed by atoms with Crippen molar-refractivity contribution in [1.29, 1.82) is 0 Å². The summed E-state index contributed by atoms with van der Waals surface area (Å²) < 4.78 is 32.8. The lowest BCUT2D eigenvalue weighted by Gasteiger charge is -1.88. The topological polar surface area (TPSA) is 118 Å². The molecular weight excluding hydrogens is 198 g/mol. The van der Waals surface area contributed by atoms with Crippen LogP contribution in [-0.4, -0.2) is 36.3 Å².